The van der Waals surface area contributed by atoms with Crippen molar-refractivity contribution in [3.8, 4) is 0 Å². The third-order valence-corrected chi connectivity index (χ3v) is 2.63. The Labute approximate surface area is 95.7 Å². The van der Waals surface area contributed by atoms with Gasteiger partial charge in [-0.1, -0.05) is 31.2 Å². The summed E-state index contributed by atoms with van der Waals surface area (Å²) in [5, 5.41) is 0. The summed E-state index contributed by atoms with van der Waals surface area (Å²) >= 11 is 0. The number of alkyl halides is 2. The van der Waals surface area contributed by atoms with E-state index in [1.807, 2.05) is 18.2 Å². The first-order valence-electron chi connectivity index (χ1n) is 5.59. The van der Waals surface area contributed by atoms with Crippen LogP contribution in [0.15, 0.2) is 24.3 Å². The number of hydrogen-bond acceptors (Lipinski definition) is 1. The Morgan fingerprint density at radius 3 is 2.62 bits per heavy atom. The molecule has 0 heterocycles. The van der Waals surface area contributed by atoms with Crippen LogP contribution in [0.25, 0.3) is 0 Å². The second-order valence-corrected chi connectivity index (χ2v) is 4.47. The van der Waals surface area contributed by atoms with Crippen molar-refractivity contribution >= 4 is 0 Å². The van der Waals surface area contributed by atoms with Gasteiger partial charge in [0, 0.05) is 6.42 Å². The van der Waals surface area contributed by atoms with Crippen molar-refractivity contribution < 1.29 is 8.78 Å². The highest BCUT2D eigenvalue weighted by Crippen LogP contribution is 2.23. The monoisotopic (exact) mass is 227 g/mol. The first kappa shape index (κ1) is 13.1. The molecule has 1 nitrogen and oxygen atoms in total. The number of benzene rings is 1. The largest absolute Gasteiger partial charge is 0.330 e. The lowest BCUT2D eigenvalue weighted by Crippen LogP contribution is -2.14. The smallest absolute Gasteiger partial charge is 0.249 e. The normalized spacial score (nSPS) is 13.8. The van der Waals surface area contributed by atoms with E-state index in [1.165, 1.54) is 0 Å². The highest BCUT2D eigenvalue weighted by atomic mass is 19.3. The molecule has 0 bridgehead atoms. The van der Waals surface area contributed by atoms with Gasteiger partial charge in [0.1, 0.15) is 0 Å². The minimum Gasteiger partial charge on any atom is -0.330 e. The van der Waals surface area contributed by atoms with Gasteiger partial charge in [-0.25, -0.2) is 8.78 Å². The van der Waals surface area contributed by atoms with Gasteiger partial charge in [-0.2, -0.15) is 0 Å². The van der Waals surface area contributed by atoms with E-state index in [0.29, 0.717) is 18.0 Å². The molecule has 0 aliphatic carbocycles. The van der Waals surface area contributed by atoms with Gasteiger partial charge in [0.05, 0.1) is 0 Å². The molecule has 3 heteroatoms. The fraction of sp³-hybridized carbons (Fsp3) is 0.538. The van der Waals surface area contributed by atoms with Crippen LogP contribution < -0.4 is 5.73 Å². The summed E-state index contributed by atoms with van der Waals surface area (Å²) in [5.41, 5.74) is 7.27. The van der Waals surface area contributed by atoms with Gasteiger partial charge in [0.2, 0.25) is 5.92 Å². The standard InChI is InChI=1S/C13H19F2N/c1-10(6-7-16)12-5-3-4-11(8-12)9-13(2,14)15/h3-5,8,10H,6-7,9,16H2,1-2H3. The minimum absolute atomic E-state index is 0.198. The lowest BCUT2D eigenvalue weighted by Gasteiger charge is -2.14. The van der Waals surface area contributed by atoms with Gasteiger partial charge in [-0.15, -0.1) is 0 Å². The number of rotatable bonds is 5. The molecule has 1 aromatic rings. The average Bonchev–Trinajstić information content (AvgIpc) is 2.16. The van der Waals surface area contributed by atoms with Crippen LogP contribution in [0.4, 0.5) is 8.78 Å². The molecule has 90 valence electrons. The van der Waals surface area contributed by atoms with E-state index >= 15 is 0 Å². The van der Waals surface area contributed by atoms with Crippen LogP contribution in [0.2, 0.25) is 0 Å². The van der Waals surface area contributed by atoms with Crippen LogP contribution >= 0.6 is 0 Å². The summed E-state index contributed by atoms with van der Waals surface area (Å²) in [4.78, 5) is 0. The van der Waals surface area contributed by atoms with Crippen molar-refractivity contribution in [3.63, 3.8) is 0 Å². The van der Waals surface area contributed by atoms with E-state index in [1.54, 1.807) is 6.07 Å². The zero-order chi connectivity index (χ0) is 12.2. The van der Waals surface area contributed by atoms with E-state index in [-0.39, 0.29) is 6.42 Å². The molecule has 0 amide bonds. The van der Waals surface area contributed by atoms with Crippen molar-refractivity contribution in [1.29, 1.82) is 0 Å². The Kier molecular flexibility index (Phi) is 4.42. The first-order valence-corrected chi connectivity index (χ1v) is 5.59. The molecule has 0 spiro atoms. The van der Waals surface area contributed by atoms with Crippen LogP contribution in [0, 0.1) is 0 Å². The molecule has 0 aromatic heterocycles. The van der Waals surface area contributed by atoms with Crippen LogP contribution in [-0.2, 0) is 6.42 Å². The SMILES string of the molecule is CC(CCN)c1cccc(CC(C)(F)F)c1. The third kappa shape index (κ3) is 4.27. The van der Waals surface area contributed by atoms with Gasteiger partial charge in [0.25, 0.3) is 0 Å². The highest BCUT2D eigenvalue weighted by molar-refractivity contribution is 5.26. The molecular formula is C13H19F2N. The molecule has 0 fully saturated rings. The fourth-order valence-corrected chi connectivity index (χ4v) is 1.78. The molecule has 1 rings (SSSR count). The molecule has 0 aliphatic rings. The predicted octanol–water partition coefficient (Wildman–Crippen LogP) is 3.34. The zero-order valence-corrected chi connectivity index (χ0v) is 9.84. The molecular weight excluding hydrogens is 208 g/mol. The van der Waals surface area contributed by atoms with Crippen molar-refractivity contribution in [2.45, 2.75) is 38.5 Å². The van der Waals surface area contributed by atoms with Crippen LogP contribution in [0.1, 0.15) is 37.3 Å². The summed E-state index contributed by atoms with van der Waals surface area (Å²) in [5.74, 6) is -2.31. The number of nitrogens with two attached hydrogens (primary N) is 1. The maximum Gasteiger partial charge on any atom is 0.249 e. The average molecular weight is 227 g/mol. The Morgan fingerprint density at radius 1 is 1.38 bits per heavy atom. The number of hydrogen-bond donors (Lipinski definition) is 1. The van der Waals surface area contributed by atoms with E-state index < -0.39 is 5.92 Å². The summed E-state index contributed by atoms with van der Waals surface area (Å²) in [6.45, 7) is 3.63. The van der Waals surface area contributed by atoms with Gasteiger partial charge in [-0.05, 0) is 36.9 Å². The van der Waals surface area contributed by atoms with E-state index in [0.717, 1.165) is 18.9 Å². The van der Waals surface area contributed by atoms with Crippen LogP contribution in [0.3, 0.4) is 0 Å². The van der Waals surface area contributed by atoms with Gasteiger partial charge < -0.3 is 5.73 Å². The van der Waals surface area contributed by atoms with Crippen molar-refractivity contribution in [2.75, 3.05) is 6.54 Å². The summed E-state index contributed by atoms with van der Waals surface area (Å²) in [6, 6.07) is 7.41. The molecule has 1 aromatic carbocycles. The van der Waals surface area contributed by atoms with Crippen molar-refractivity contribution in [1.82, 2.24) is 0 Å². The molecule has 1 atom stereocenters. The van der Waals surface area contributed by atoms with Crippen LogP contribution in [0.5, 0.6) is 0 Å². The Hall–Kier alpha value is -0.960. The molecule has 0 saturated heterocycles. The topological polar surface area (TPSA) is 26.0 Å². The van der Waals surface area contributed by atoms with Gasteiger partial charge >= 0.3 is 0 Å². The molecule has 2 N–H and O–H groups in total. The Balaban J connectivity index is 2.78. The van der Waals surface area contributed by atoms with E-state index in [9.17, 15) is 8.78 Å². The second-order valence-electron chi connectivity index (χ2n) is 4.47. The lowest BCUT2D eigenvalue weighted by atomic mass is 9.95. The second kappa shape index (κ2) is 5.39. The third-order valence-electron chi connectivity index (χ3n) is 2.63. The van der Waals surface area contributed by atoms with Gasteiger partial charge in [0.15, 0.2) is 0 Å². The van der Waals surface area contributed by atoms with Gasteiger partial charge in [-0.3, -0.25) is 0 Å². The number of halogens is 2. The lowest BCUT2D eigenvalue weighted by molar-refractivity contribution is 0.0226. The predicted molar refractivity (Wildman–Crippen MR) is 62.9 cm³/mol. The fourth-order valence-electron chi connectivity index (χ4n) is 1.78. The molecule has 16 heavy (non-hydrogen) atoms. The molecule has 0 saturated carbocycles. The Bertz CT molecular complexity index is 331. The van der Waals surface area contributed by atoms with Crippen molar-refractivity contribution in [2.24, 2.45) is 5.73 Å². The summed E-state index contributed by atoms with van der Waals surface area (Å²) in [6.07, 6.45) is 0.683. The van der Waals surface area contributed by atoms with Crippen LogP contribution in [-0.4, -0.2) is 12.5 Å². The maximum atomic E-state index is 12.9. The summed E-state index contributed by atoms with van der Waals surface area (Å²) in [7, 11) is 0. The van der Waals surface area contributed by atoms with Crippen molar-refractivity contribution in [3.05, 3.63) is 35.4 Å². The molecule has 1 unspecified atom stereocenters. The first-order chi connectivity index (χ1) is 7.42. The van der Waals surface area contributed by atoms with E-state index in [2.05, 4.69) is 6.92 Å². The minimum atomic E-state index is -2.64. The summed E-state index contributed by atoms with van der Waals surface area (Å²) < 4.78 is 25.7. The van der Waals surface area contributed by atoms with E-state index in [4.69, 9.17) is 5.73 Å². The maximum absolute atomic E-state index is 12.9. The Morgan fingerprint density at radius 2 is 2.06 bits per heavy atom. The molecule has 0 aliphatic heterocycles. The molecule has 0 radical (unpaired) electrons. The quantitative estimate of drug-likeness (QED) is 0.820. The zero-order valence-electron chi connectivity index (χ0n) is 9.84. The highest BCUT2D eigenvalue weighted by Gasteiger charge is 2.21.